The fraction of sp³-hybridized carbons (Fsp3) is 0. The zero-order valence-electron chi connectivity index (χ0n) is 10.3. The van der Waals surface area contributed by atoms with Gasteiger partial charge in [0.2, 0.25) is 0 Å². The predicted octanol–water partition coefficient (Wildman–Crippen LogP) is 2.37. The second-order valence-corrected chi connectivity index (χ2v) is 4.62. The minimum atomic E-state index is -0.298. The second kappa shape index (κ2) is 6.83. The molecule has 1 aromatic heterocycles. The number of benzene rings is 1. The van der Waals surface area contributed by atoms with Crippen molar-refractivity contribution in [3.8, 4) is 0 Å². The first-order valence-electron chi connectivity index (χ1n) is 5.68. The van der Waals surface area contributed by atoms with Crippen LogP contribution in [-0.2, 0) is 0 Å². The van der Waals surface area contributed by atoms with Crippen molar-refractivity contribution in [1.29, 1.82) is 0 Å². The van der Waals surface area contributed by atoms with Crippen LogP contribution in [-0.4, -0.2) is 16.0 Å². The molecule has 0 radical (unpaired) electrons. The Bertz CT molecular complexity index is 604. The smallest absolute Gasteiger partial charge is 0.269 e. The summed E-state index contributed by atoms with van der Waals surface area (Å²) in [6.07, 6.45) is 3.08. The van der Waals surface area contributed by atoms with Crippen LogP contribution in [0.5, 0.6) is 0 Å². The molecule has 3 N–H and O–H groups in total. The van der Waals surface area contributed by atoms with Gasteiger partial charge >= 0.3 is 0 Å². The van der Waals surface area contributed by atoms with Gasteiger partial charge < -0.3 is 5.32 Å². The van der Waals surface area contributed by atoms with E-state index in [9.17, 15) is 4.79 Å². The Kier molecular flexibility index (Phi) is 4.86. The summed E-state index contributed by atoms with van der Waals surface area (Å²) in [6.45, 7) is 0. The maximum Gasteiger partial charge on any atom is 0.269 e. The number of anilines is 1. The molecule has 1 amide bonds. The van der Waals surface area contributed by atoms with Gasteiger partial charge in [-0.25, -0.2) is 0 Å². The molecule has 0 atom stereocenters. The normalized spacial score (nSPS) is 9.65. The molecule has 0 aliphatic rings. The third-order valence-corrected chi connectivity index (χ3v) is 2.79. The van der Waals surface area contributed by atoms with Crippen LogP contribution in [0.2, 0.25) is 5.02 Å². The Labute approximate surface area is 126 Å². The van der Waals surface area contributed by atoms with Crippen molar-refractivity contribution >= 4 is 40.5 Å². The Morgan fingerprint density at radius 2 is 1.70 bits per heavy atom. The van der Waals surface area contributed by atoms with E-state index in [1.807, 2.05) is 0 Å². The molecule has 5 nitrogen and oxygen atoms in total. The van der Waals surface area contributed by atoms with E-state index >= 15 is 0 Å². The van der Waals surface area contributed by atoms with E-state index in [1.165, 1.54) is 0 Å². The van der Waals surface area contributed by atoms with Crippen LogP contribution in [0.25, 0.3) is 0 Å². The van der Waals surface area contributed by atoms with Crippen LogP contribution in [0.15, 0.2) is 48.8 Å². The molecule has 0 fully saturated rings. The summed E-state index contributed by atoms with van der Waals surface area (Å²) >= 11 is 10.8. The molecule has 1 heterocycles. The van der Waals surface area contributed by atoms with Crippen LogP contribution < -0.4 is 16.2 Å². The molecule has 2 rings (SSSR count). The SMILES string of the molecule is O=C(NNC(=S)Nc1ccc(Cl)cc1)c1ccncc1. The Balaban J connectivity index is 1.83. The third kappa shape index (κ3) is 4.18. The van der Waals surface area contributed by atoms with E-state index in [1.54, 1.807) is 48.8 Å². The number of nitrogens with one attached hydrogen (secondary N) is 3. The van der Waals surface area contributed by atoms with Crippen molar-refractivity contribution in [1.82, 2.24) is 15.8 Å². The number of aromatic nitrogens is 1. The first kappa shape index (κ1) is 14.2. The predicted molar refractivity (Wildman–Crippen MR) is 82.5 cm³/mol. The lowest BCUT2D eigenvalue weighted by Crippen LogP contribution is -2.43. The third-order valence-electron chi connectivity index (χ3n) is 2.33. The number of carbonyl (C=O) groups excluding carboxylic acids is 1. The molecular formula is C13H11ClN4OS. The average Bonchev–Trinajstić information content (AvgIpc) is 2.48. The Morgan fingerprint density at radius 3 is 2.35 bits per heavy atom. The van der Waals surface area contributed by atoms with Crippen LogP contribution in [0.3, 0.4) is 0 Å². The van der Waals surface area contributed by atoms with Crippen molar-refractivity contribution in [3.63, 3.8) is 0 Å². The van der Waals surface area contributed by atoms with Crippen LogP contribution >= 0.6 is 23.8 Å². The number of nitrogens with zero attached hydrogens (tertiary/aromatic N) is 1. The summed E-state index contributed by atoms with van der Waals surface area (Å²) in [5, 5.41) is 3.82. The number of rotatable bonds is 2. The van der Waals surface area contributed by atoms with E-state index in [2.05, 4.69) is 21.2 Å². The lowest BCUT2D eigenvalue weighted by atomic mass is 10.3. The van der Waals surface area contributed by atoms with Gasteiger partial charge in [-0.1, -0.05) is 11.6 Å². The van der Waals surface area contributed by atoms with Gasteiger partial charge in [-0.05, 0) is 48.6 Å². The van der Waals surface area contributed by atoms with Gasteiger partial charge in [-0.2, -0.15) is 0 Å². The minimum Gasteiger partial charge on any atom is -0.331 e. The number of hydrogen-bond acceptors (Lipinski definition) is 3. The molecule has 0 saturated heterocycles. The number of amides is 1. The van der Waals surface area contributed by atoms with Gasteiger partial charge in [0.15, 0.2) is 5.11 Å². The lowest BCUT2D eigenvalue weighted by Gasteiger charge is -2.11. The van der Waals surface area contributed by atoms with Crippen molar-refractivity contribution in [3.05, 3.63) is 59.4 Å². The van der Waals surface area contributed by atoms with Gasteiger partial charge in [-0.3, -0.25) is 20.6 Å². The number of pyridine rings is 1. The standard InChI is InChI=1S/C13H11ClN4OS/c14-10-1-3-11(4-2-10)16-13(20)18-17-12(19)9-5-7-15-8-6-9/h1-8H,(H,17,19)(H2,16,18,20). The van der Waals surface area contributed by atoms with Crippen molar-refractivity contribution in [2.75, 3.05) is 5.32 Å². The van der Waals surface area contributed by atoms with E-state index in [0.717, 1.165) is 5.69 Å². The fourth-order valence-corrected chi connectivity index (χ4v) is 1.68. The Morgan fingerprint density at radius 1 is 1.05 bits per heavy atom. The highest BCUT2D eigenvalue weighted by atomic mass is 35.5. The molecule has 0 spiro atoms. The zero-order valence-corrected chi connectivity index (χ0v) is 11.8. The summed E-state index contributed by atoms with van der Waals surface area (Å²) in [4.78, 5) is 15.6. The second-order valence-electron chi connectivity index (χ2n) is 3.78. The van der Waals surface area contributed by atoms with E-state index < -0.39 is 0 Å². The number of hydrogen-bond donors (Lipinski definition) is 3. The van der Waals surface area contributed by atoms with E-state index in [-0.39, 0.29) is 11.0 Å². The highest BCUT2D eigenvalue weighted by Gasteiger charge is 2.04. The lowest BCUT2D eigenvalue weighted by molar-refractivity contribution is 0.0944. The van der Waals surface area contributed by atoms with Gasteiger partial charge in [-0.15, -0.1) is 0 Å². The van der Waals surface area contributed by atoms with Crippen molar-refractivity contribution in [2.24, 2.45) is 0 Å². The summed E-state index contributed by atoms with van der Waals surface area (Å²) < 4.78 is 0. The molecule has 0 bridgehead atoms. The first-order valence-corrected chi connectivity index (χ1v) is 6.47. The molecule has 1 aromatic carbocycles. The molecule has 7 heteroatoms. The summed E-state index contributed by atoms with van der Waals surface area (Å²) in [6, 6.07) is 10.2. The van der Waals surface area contributed by atoms with Gasteiger partial charge in [0.25, 0.3) is 5.91 Å². The maximum absolute atomic E-state index is 11.7. The molecule has 102 valence electrons. The molecule has 0 aliphatic carbocycles. The molecule has 0 aliphatic heterocycles. The monoisotopic (exact) mass is 306 g/mol. The summed E-state index contributed by atoms with van der Waals surface area (Å²) in [7, 11) is 0. The topological polar surface area (TPSA) is 66.1 Å². The number of carbonyl (C=O) groups is 1. The number of thiocarbonyl (C=S) groups is 1. The van der Waals surface area contributed by atoms with Crippen LogP contribution in [0.1, 0.15) is 10.4 Å². The first-order chi connectivity index (χ1) is 9.65. The highest BCUT2D eigenvalue weighted by Crippen LogP contribution is 2.12. The Hall–Kier alpha value is -2.18. The highest BCUT2D eigenvalue weighted by molar-refractivity contribution is 7.80. The minimum absolute atomic E-state index is 0.273. The van der Waals surface area contributed by atoms with Crippen molar-refractivity contribution < 1.29 is 4.79 Å². The van der Waals surface area contributed by atoms with Crippen molar-refractivity contribution in [2.45, 2.75) is 0 Å². The van der Waals surface area contributed by atoms with E-state index in [4.69, 9.17) is 23.8 Å². The zero-order chi connectivity index (χ0) is 14.4. The van der Waals surface area contributed by atoms with Gasteiger partial charge in [0, 0.05) is 28.7 Å². The molecule has 2 aromatic rings. The number of halogens is 1. The largest absolute Gasteiger partial charge is 0.331 e. The fourth-order valence-electron chi connectivity index (χ4n) is 1.38. The van der Waals surface area contributed by atoms with Crippen LogP contribution in [0, 0.1) is 0 Å². The van der Waals surface area contributed by atoms with Gasteiger partial charge in [0.05, 0.1) is 0 Å². The summed E-state index contributed by atoms with van der Waals surface area (Å²) in [5.74, 6) is -0.298. The summed E-state index contributed by atoms with van der Waals surface area (Å²) in [5.41, 5.74) is 6.35. The van der Waals surface area contributed by atoms with Crippen LogP contribution in [0.4, 0.5) is 5.69 Å². The van der Waals surface area contributed by atoms with E-state index in [0.29, 0.717) is 10.6 Å². The average molecular weight is 307 g/mol. The maximum atomic E-state index is 11.7. The molecule has 0 saturated carbocycles. The molecular weight excluding hydrogens is 296 g/mol. The van der Waals surface area contributed by atoms with Gasteiger partial charge in [0.1, 0.15) is 0 Å². The molecule has 20 heavy (non-hydrogen) atoms. The number of hydrazine groups is 1. The quantitative estimate of drug-likeness (QED) is 0.587. The molecule has 0 unspecified atom stereocenters.